The van der Waals surface area contributed by atoms with E-state index in [1.54, 1.807) is 0 Å². The van der Waals surface area contributed by atoms with Crippen LogP contribution in [0.4, 0.5) is 0 Å². The van der Waals surface area contributed by atoms with Crippen LogP contribution in [-0.2, 0) is 0 Å². The van der Waals surface area contributed by atoms with Crippen LogP contribution in [0.2, 0.25) is 0 Å². The lowest BCUT2D eigenvalue weighted by molar-refractivity contribution is 1.07. The molecule has 10 aromatic carbocycles. The Morgan fingerprint density at radius 2 is 0.574 bits per heavy atom. The fourth-order valence-electron chi connectivity index (χ4n) is 8.97. The predicted octanol–water partition coefficient (Wildman–Crippen LogP) is 14.7. The molecule has 68 heavy (non-hydrogen) atoms. The number of hydrogen-bond donors (Lipinski definition) is 0. The molecule has 0 unspecified atom stereocenters. The maximum absolute atomic E-state index is 10.8. The highest BCUT2D eigenvalue weighted by Crippen LogP contribution is 2.42. The summed E-state index contributed by atoms with van der Waals surface area (Å²) in [6, 6.07) is 78.4. The van der Waals surface area contributed by atoms with E-state index < -0.39 is 0 Å². The Balaban J connectivity index is 0.954. The number of fused-ring (bicyclic) bond motifs is 3. The van der Waals surface area contributed by atoms with E-state index in [4.69, 9.17) is 29.9 Å². The third kappa shape index (κ3) is 7.58. The summed E-state index contributed by atoms with van der Waals surface area (Å²) in [6.07, 6.45) is 0. The number of rotatable bonds is 8. The lowest BCUT2D eigenvalue weighted by Crippen LogP contribution is -2.00. The molecule has 0 saturated heterocycles. The van der Waals surface area contributed by atoms with Crippen LogP contribution in [-0.4, -0.2) is 29.9 Å². The van der Waals surface area contributed by atoms with E-state index in [1.165, 1.54) is 0 Å². The normalized spacial score (nSPS) is 11.2. The first-order chi connectivity index (χ1) is 33.6. The molecule has 0 bridgehead atoms. The van der Waals surface area contributed by atoms with Crippen molar-refractivity contribution in [1.29, 1.82) is 5.26 Å². The molecule has 0 spiro atoms. The lowest BCUT2D eigenvalue weighted by Gasteiger charge is -2.17. The van der Waals surface area contributed by atoms with Crippen molar-refractivity contribution in [3.8, 4) is 96.7 Å². The van der Waals surface area contributed by atoms with E-state index in [0.717, 1.165) is 88.0 Å². The summed E-state index contributed by atoms with van der Waals surface area (Å²) in [6.45, 7) is 0. The van der Waals surface area contributed by atoms with Crippen molar-refractivity contribution in [3.63, 3.8) is 0 Å². The summed E-state index contributed by atoms with van der Waals surface area (Å²) in [5.41, 5.74) is 9.53. The molecule has 7 heteroatoms. The first kappa shape index (κ1) is 40.0. The topological polar surface area (TPSA) is 101 Å². The first-order valence-corrected chi connectivity index (χ1v) is 22.4. The van der Waals surface area contributed by atoms with Crippen LogP contribution < -0.4 is 0 Å². The maximum Gasteiger partial charge on any atom is 0.164 e. The summed E-state index contributed by atoms with van der Waals surface area (Å²) in [7, 11) is 0. The standard InChI is InChI=1S/C61H37N7/c62-38-52-37-49-21-11-12-22-53(49)55(42-27-31-46(32-28-42)59-64-57(44-17-5-2-6-18-44)66-61(68-59)51-34-24-40-14-8-10-20-48(40)36-51)54(52)41-25-29-45(30-26-41)58-63-56(43-15-3-1-4-16-43)65-60(67-58)50-33-23-39-13-7-9-19-47(39)35-50/h1-37H. The molecule has 0 radical (unpaired) electrons. The molecule has 0 atom stereocenters. The molecule has 2 heterocycles. The van der Waals surface area contributed by atoms with Gasteiger partial charge in [0, 0.05) is 38.9 Å². The lowest BCUT2D eigenvalue weighted by atomic mass is 9.86. The minimum absolute atomic E-state index is 0.556. The summed E-state index contributed by atoms with van der Waals surface area (Å²) < 4.78 is 0. The van der Waals surface area contributed by atoms with Crippen LogP contribution in [0, 0.1) is 11.3 Å². The molecule has 12 rings (SSSR count). The molecular formula is C61H37N7. The van der Waals surface area contributed by atoms with Gasteiger partial charge in [-0.15, -0.1) is 0 Å². The van der Waals surface area contributed by atoms with Gasteiger partial charge in [-0.3, -0.25) is 0 Å². The third-order valence-corrected chi connectivity index (χ3v) is 12.4. The maximum atomic E-state index is 10.8. The van der Waals surface area contributed by atoms with E-state index in [-0.39, 0.29) is 0 Å². The zero-order valence-corrected chi connectivity index (χ0v) is 36.5. The summed E-state index contributed by atoms with van der Waals surface area (Å²) in [4.78, 5) is 30.1. The summed E-state index contributed by atoms with van der Waals surface area (Å²) >= 11 is 0. The highest BCUT2D eigenvalue weighted by atomic mass is 15.0. The number of aromatic nitrogens is 6. The second kappa shape index (κ2) is 17.1. The monoisotopic (exact) mass is 867 g/mol. The zero-order valence-electron chi connectivity index (χ0n) is 36.5. The van der Waals surface area contributed by atoms with Crippen molar-refractivity contribution in [2.45, 2.75) is 0 Å². The second-order valence-corrected chi connectivity index (χ2v) is 16.6. The van der Waals surface area contributed by atoms with E-state index >= 15 is 0 Å². The number of benzene rings is 10. The van der Waals surface area contributed by atoms with Crippen molar-refractivity contribution >= 4 is 32.3 Å². The van der Waals surface area contributed by atoms with Crippen molar-refractivity contribution in [2.24, 2.45) is 0 Å². The molecular weight excluding hydrogens is 831 g/mol. The van der Waals surface area contributed by atoms with Crippen LogP contribution in [0.25, 0.3) is 123 Å². The van der Waals surface area contributed by atoms with E-state index in [0.29, 0.717) is 40.5 Å². The smallest absolute Gasteiger partial charge is 0.164 e. The quantitative estimate of drug-likeness (QED) is 0.150. The second-order valence-electron chi connectivity index (χ2n) is 16.6. The highest BCUT2D eigenvalue weighted by molar-refractivity contribution is 6.06. The van der Waals surface area contributed by atoms with Gasteiger partial charge in [0.05, 0.1) is 11.6 Å². The van der Waals surface area contributed by atoms with Gasteiger partial charge in [-0.2, -0.15) is 5.26 Å². The fourth-order valence-corrected chi connectivity index (χ4v) is 8.97. The van der Waals surface area contributed by atoms with E-state index in [1.807, 2.05) is 115 Å². The predicted molar refractivity (Wildman–Crippen MR) is 274 cm³/mol. The van der Waals surface area contributed by atoms with Crippen molar-refractivity contribution in [1.82, 2.24) is 29.9 Å². The molecule has 0 aliphatic rings. The number of hydrogen-bond acceptors (Lipinski definition) is 7. The molecule has 0 saturated carbocycles. The average Bonchev–Trinajstić information content (AvgIpc) is 3.42. The van der Waals surface area contributed by atoms with Crippen molar-refractivity contribution < 1.29 is 0 Å². The highest BCUT2D eigenvalue weighted by Gasteiger charge is 2.20. The van der Waals surface area contributed by atoms with Gasteiger partial charge in [-0.05, 0) is 67.2 Å². The van der Waals surface area contributed by atoms with Gasteiger partial charge in [0.15, 0.2) is 34.9 Å². The summed E-state index contributed by atoms with van der Waals surface area (Å²) in [5.74, 6) is 3.50. The molecule has 0 fully saturated rings. The van der Waals surface area contributed by atoms with Gasteiger partial charge in [-0.1, -0.05) is 206 Å². The molecule has 2 aromatic heterocycles. The molecule has 0 aliphatic heterocycles. The van der Waals surface area contributed by atoms with Gasteiger partial charge < -0.3 is 0 Å². The molecule has 0 amide bonds. The summed E-state index contributed by atoms with van der Waals surface area (Å²) in [5, 5.41) is 17.3. The third-order valence-electron chi connectivity index (χ3n) is 12.4. The van der Waals surface area contributed by atoms with Gasteiger partial charge >= 0.3 is 0 Å². The Hall–Kier alpha value is -9.51. The Morgan fingerprint density at radius 1 is 0.250 bits per heavy atom. The van der Waals surface area contributed by atoms with Crippen LogP contribution >= 0.6 is 0 Å². The molecule has 0 aliphatic carbocycles. The van der Waals surface area contributed by atoms with Gasteiger partial charge in [0.2, 0.25) is 0 Å². The van der Waals surface area contributed by atoms with Crippen molar-refractivity contribution in [2.75, 3.05) is 0 Å². The Bertz CT molecular complexity index is 3900. The molecule has 316 valence electrons. The van der Waals surface area contributed by atoms with Crippen LogP contribution in [0.5, 0.6) is 0 Å². The minimum atomic E-state index is 0.556. The zero-order chi connectivity index (χ0) is 45.4. The van der Waals surface area contributed by atoms with E-state index in [2.05, 4.69) is 115 Å². The van der Waals surface area contributed by atoms with Gasteiger partial charge in [0.1, 0.15) is 0 Å². The molecule has 0 N–H and O–H groups in total. The fraction of sp³-hybridized carbons (Fsp3) is 0. The molecule has 12 aromatic rings. The Morgan fingerprint density at radius 3 is 1.01 bits per heavy atom. The van der Waals surface area contributed by atoms with Crippen LogP contribution in [0.15, 0.2) is 224 Å². The van der Waals surface area contributed by atoms with Crippen LogP contribution in [0.3, 0.4) is 0 Å². The van der Waals surface area contributed by atoms with E-state index in [9.17, 15) is 5.26 Å². The minimum Gasteiger partial charge on any atom is -0.208 e. The van der Waals surface area contributed by atoms with Gasteiger partial charge in [-0.25, -0.2) is 29.9 Å². The Labute approximate surface area is 392 Å². The first-order valence-electron chi connectivity index (χ1n) is 22.4. The van der Waals surface area contributed by atoms with Crippen molar-refractivity contribution in [3.05, 3.63) is 230 Å². The number of nitriles is 1. The van der Waals surface area contributed by atoms with Crippen LogP contribution in [0.1, 0.15) is 5.56 Å². The van der Waals surface area contributed by atoms with Gasteiger partial charge in [0.25, 0.3) is 0 Å². The Kier molecular flexibility index (Phi) is 10.1. The molecule has 7 nitrogen and oxygen atoms in total. The largest absolute Gasteiger partial charge is 0.208 e. The SMILES string of the molecule is N#Cc1cc2ccccc2c(-c2ccc(-c3nc(-c4ccccc4)nc(-c4ccc5ccccc5c4)n3)cc2)c1-c1ccc(-c2nc(-c3ccccc3)nc(-c3ccc4ccccc4c3)n2)cc1. The average molecular weight is 868 g/mol. The number of nitrogens with zero attached hydrogens (tertiary/aromatic N) is 7.